The van der Waals surface area contributed by atoms with E-state index in [1.807, 2.05) is 27.7 Å². The lowest BCUT2D eigenvalue weighted by atomic mass is 9.92. The molecule has 0 atom stereocenters. The molecule has 1 heterocycles. The standard InChI is InChI=1S/C20H26Cl2N4O3/c1-5-8-26(11-17(27)23-15-7-6-13(21)9-14(15)22)12-18(28)24-19-10-16(25-29-19)20(2,3)4/h6-7,9-10H,5,8,11-12H2,1-4H3,(H,23,27)(H,24,28). The van der Waals surface area contributed by atoms with Gasteiger partial charge in [-0.25, -0.2) is 0 Å². The summed E-state index contributed by atoms with van der Waals surface area (Å²) < 4.78 is 5.18. The number of aromatic nitrogens is 1. The van der Waals surface area contributed by atoms with Crippen molar-refractivity contribution >= 4 is 46.6 Å². The normalized spacial score (nSPS) is 11.6. The number of anilines is 2. The lowest BCUT2D eigenvalue weighted by molar-refractivity contribution is -0.120. The molecule has 0 aliphatic rings. The second-order valence-electron chi connectivity index (χ2n) is 7.76. The Morgan fingerprint density at radius 1 is 1.10 bits per heavy atom. The fourth-order valence-electron chi connectivity index (χ4n) is 2.58. The van der Waals surface area contributed by atoms with E-state index >= 15 is 0 Å². The van der Waals surface area contributed by atoms with Gasteiger partial charge < -0.3 is 9.84 Å². The number of nitrogens with one attached hydrogen (secondary N) is 2. The summed E-state index contributed by atoms with van der Waals surface area (Å²) in [5.74, 6) is -0.272. The molecule has 0 fully saturated rings. The van der Waals surface area contributed by atoms with Gasteiger partial charge in [-0.1, -0.05) is 56.1 Å². The maximum absolute atomic E-state index is 12.4. The molecule has 158 valence electrons. The number of hydrogen-bond donors (Lipinski definition) is 2. The van der Waals surface area contributed by atoms with Crippen LogP contribution in [0.5, 0.6) is 0 Å². The van der Waals surface area contributed by atoms with Crippen LogP contribution in [0.2, 0.25) is 10.0 Å². The number of amides is 2. The first-order valence-electron chi connectivity index (χ1n) is 9.32. The average molecular weight is 441 g/mol. The molecule has 0 radical (unpaired) electrons. The van der Waals surface area contributed by atoms with Gasteiger partial charge in [-0.15, -0.1) is 0 Å². The van der Waals surface area contributed by atoms with Crippen molar-refractivity contribution in [2.24, 2.45) is 0 Å². The van der Waals surface area contributed by atoms with E-state index in [-0.39, 0.29) is 36.2 Å². The quantitative estimate of drug-likeness (QED) is 0.627. The molecule has 29 heavy (non-hydrogen) atoms. The highest BCUT2D eigenvalue weighted by molar-refractivity contribution is 6.36. The summed E-state index contributed by atoms with van der Waals surface area (Å²) in [5.41, 5.74) is 1.04. The summed E-state index contributed by atoms with van der Waals surface area (Å²) in [6.07, 6.45) is 0.790. The van der Waals surface area contributed by atoms with Crippen LogP contribution in [0.3, 0.4) is 0 Å². The highest BCUT2D eigenvalue weighted by atomic mass is 35.5. The summed E-state index contributed by atoms with van der Waals surface area (Å²) in [6, 6.07) is 6.54. The minimum Gasteiger partial charge on any atom is -0.338 e. The van der Waals surface area contributed by atoms with Crippen LogP contribution >= 0.6 is 23.2 Å². The van der Waals surface area contributed by atoms with Crippen LogP contribution in [0.15, 0.2) is 28.8 Å². The minimum absolute atomic E-state index is 0.0428. The Hall–Kier alpha value is -2.09. The van der Waals surface area contributed by atoms with Gasteiger partial charge in [0.05, 0.1) is 29.5 Å². The molecule has 0 saturated carbocycles. The van der Waals surface area contributed by atoms with Gasteiger partial charge >= 0.3 is 0 Å². The Bertz CT molecular complexity index is 862. The largest absolute Gasteiger partial charge is 0.338 e. The molecule has 9 heteroatoms. The van der Waals surface area contributed by atoms with Crippen LogP contribution in [-0.2, 0) is 15.0 Å². The van der Waals surface area contributed by atoms with Crippen LogP contribution in [0, 0.1) is 0 Å². The molecule has 0 bridgehead atoms. The molecular formula is C20H26Cl2N4O3. The highest BCUT2D eigenvalue weighted by Crippen LogP contribution is 2.25. The summed E-state index contributed by atoms with van der Waals surface area (Å²) >= 11 is 12.0. The van der Waals surface area contributed by atoms with Gasteiger partial charge in [-0.2, -0.15) is 0 Å². The molecule has 2 rings (SSSR count). The highest BCUT2D eigenvalue weighted by Gasteiger charge is 2.21. The van der Waals surface area contributed by atoms with Crippen LogP contribution in [0.25, 0.3) is 0 Å². The van der Waals surface area contributed by atoms with E-state index in [9.17, 15) is 9.59 Å². The zero-order valence-corrected chi connectivity index (χ0v) is 18.5. The summed E-state index contributed by atoms with van der Waals surface area (Å²) in [7, 11) is 0. The van der Waals surface area contributed by atoms with E-state index in [4.69, 9.17) is 27.7 Å². The van der Waals surface area contributed by atoms with Gasteiger partial charge in [0.25, 0.3) is 0 Å². The Balaban J connectivity index is 1.93. The molecular weight excluding hydrogens is 415 g/mol. The van der Waals surface area contributed by atoms with Crippen molar-refractivity contribution in [1.29, 1.82) is 0 Å². The van der Waals surface area contributed by atoms with Crippen molar-refractivity contribution in [1.82, 2.24) is 10.1 Å². The molecule has 1 aromatic carbocycles. The van der Waals surface area contributed by atoms with Crippen molar-refractivity contribution in [3.63, 3.8) is 0 Å². The number of halogens is 2. The molecule has 2 amide bonds. The van der Waals surface area contributed by atoms with E-state index in [1.165, 1.54) is 0 Å². The number of hydrogen-bond acceptors (Lipinski definition) is 5. The van der Waals surface area contributed by atoms with E-state index in [1.54, 1.807) is 29.2 Å². The van der Waals surface area contributed by atoms with Gasteiger partial charge in [0.2, 0.25) is 17.7 Å². The van der Waals surface area contributed by atoms with Gasteiger partial charge in [0, 0.05) is 16.5 Å². The molecule has 0 unspecified atom stereocenters. The second-order valence-corrected chi connectivity index (χ2v) is 8.60. The second kappa shape index (κ2) is 10.1. The molecule has 7 nitrogen and oxygen atoms in total. The topological polar surface area (TPSA) is 87.5 Å². The lowest BCUT2D eigenvalue weighted by Gasteiger charge is -2.20. The fourth-order valence-corrected chi connectivity index (χ4v) is 3.04. The molecule has 0 aliphatic carbocycles. The van der Waals surface area contributed by atoms with E-state index in [2.05, 4.69) is 15.8 Å². The Labute approximate surface area is 180 Å². The summed E-state index contributed by atoms with van der Waals surface area (Å²) in [5, 5.41) is 10.2. The van der Waals surface area contributed by atoms with Crippen LogP contribution < -0.4 is 10.6 Å². The third-order valence-corrected chi connectivity index (χ3v) is 4.57. The third kappa shape index (κ3) is 7.34. The molecule has 2 aromatic rings. The van der Waals surface area contributed by atoms with Gasteiger partial charge in [-0.05, 0) is 31.2 Å². The molecule has 2 N–H and O–H groups in total. The van der Waals surface area contributed by atoms with Crippen molar-refractivity contribution in [3.8, 4) is 0 Å². The Morgan fingerprint density at radius 2 is 1.76 bits per heavy atom. The SMILES string of the molecule is CCCN(CC(=O)Nc1cc(C(C)(C)C)no1)CC(=O)Nc1ccc(Cl)cc1Cl. The predicted octanol–water partition coefficient (Wildman–Crippen LogP) is 4.57. The third-order valence-electron chi connectivity index (χ3n) is 4.02. The van der Waals surface area contributed by atoms with E-state index < -0.39 is 0 Å². The number of carbonyl (C=O) groups is 2. The predicted molar refractivity (Wildman–Crippen MR) is 116 cm³/mol. The van der Waals surface area contributed by atoms with Crippen molar-refractivity contribution in [3.05, 3.63) is 40.0 Å². The van der Waals surface area contributed by atoms with Crippen LogP contribution in [-0.4, -0.2) is 41.5 Å². The Kier molecular flexibility index (Phi) is 8.07. The maximum atomic E-state index is 12.4. The first kappa shape index (κ1) is 23.2. The molecule has 0 spiro atoms. The molecule has 1 aromatic heterocycles. The van der Waals surface area contributed by atoms with Crippen LogP contribution in [0.4, 0.5) is 11.6 Å². The minimum atomic E-state index is -0.285. The molecule has 0 aliphatic heterocycles. The zero-order valence-electron chi connectivity index (χ0n) is 17.0. The number of benzene rings is 1. The van der Waals surface area contributed by atoms with E-state index in [0.29, 0.717) is 22.3 Å². The maximum Gasteiger partial charge on any atom is 0.240 e. The van der Waals surface area contributed by atoms with Gasteiger partial charge in [0.1, 0.15) is 0 Å². The smallest absolute Gasteiger partial charge is 0.240 e. The van der Waals surface area contributed by atoms with Crippen molar-refractivity contribution in [2.75, 3.05) is 30.3 Å². The zero-order chi connectivity index (χ0) is 21.6. The van der Waals surface area contributed by atoms with Gasteiger partial charge in [0.15, 0.2) is 0 Å². The Morgan fingerprint density at radius 3 is 2.31 bits per heavy atom. The fraction of sp³-hybridized carbons (Fsp3) is 0.450. The summed E-state index contributed by atoms with van der Waals surface area (Å²) in [4.78, 5) is 26.5. The number of rotatable bonds is 8. The summed E-state index contributed by atoms with van der Waals surface area (Å²) in [6.45, 7) is 8.66. The van der Waals surface area contributed by atoms with Crippen LogP contribution in [0.1, 0.15) is 39.8 Å². The van der Waals surface area contributed by atoms with Crippen molar-refractivity contribution < 1.29 is 14.1 Å². The lowest BCUT2D eigenvalue weighted by Crippen LogP contribution is -2.39. The van der Waals surface area contributed by atoms with Crippen molar-refractivity contribution in [2.45, 2.75) is 39.5 Å². The van der Waals surface area contributed by atoms with Gasteiger partial charge in [-0.3, -0.25) is 19.8 Å². The first-order chi connectivity index (χ1) is 13.6. The van der Waals surface area contributed by atoms with E-state index in [0.717, 1.165) is 12.1 Å². The number of carbonyl (C=O) groups excluding carboxylic acids is 2. The molecule has 0 saturated heterocycles. The number of nitrogens with zero attached hydrogens (tertiary/aromatic N) is 2. The average Bonchev–Trinajstić information content (AvgIpc) is 3.06. The first-order valence-corrected chi connectivity index (χ1v) is 10.1. The monoisotopic (exact) mass is 440 g/mol.